The molecular weight excluding hydrogens is 308 g/mol. The molecule has 0 spiro atoms. The van der Waals surface area contributed by atoms with E-state index in [0.29, 0.717) is 6.04 Å². The average Bonchev–Trinajstić information content (AvgIpc) is 2.84. The van der Waals surface area contributed by atoms with Gasteiger partial charge in [-0.05, 0) is 31.0 Å². The van der Waals surface area contributed by atoms with Gasteiger partial charge in [0.15, 0.2) is 0 Å². The Hall–Kier alpha value is -0.710. The quantitative estimate of drug-likeness (QED) is 0.886. The number of rotatable bonds is 5. The van der Waals surface area contributed by atoms with Gasteiger partial charge in [0.05, 0.1) is 5.01 Å². The van der Waals surface area contributed by atoms with Crippen molar-refractivity contribution in [2.24, 2.45) is 0 Å². The molecule has 0 aliphatic carbocycles. The molecule has 96 valence electrons. The van der Waals surface area contributed by atoms with Crippen LogP contribution in [-0.4, -0.2) is 4.98 Å². The Bertz CT molecular complexity index is 510. The van der Waals surface area contributed by atoms with Crippen molar-refractivity contribution < 1.29 is 0 Å². The number of benzene rings is 1. The van der Waals surface area contributed by atoms with Gasteiger partial charge in [0.1, 0.15) is 0 Å². The van der Waals surface area contributed by atoms with Crippen LogP contribution in [0.1, 0.15) is 35.3 Å². The first-order valence-corrected chi connectivity index (χ1v) is 7.72. The Morgan fingerprint density at radius 2 is 2.28 bits per heavy atom. The largest absolute Gasteiger partial charge is 0.305 e. The third kappa shape index (κ3) is 3.64. The van der Waals surface area contributed by atoms with Crippen LogP contribution >= 0.6 is 27.3 Å². The number of halogens is 1. The lowest BCUT2D eigenvalue weighted by atomic mass is 10.1. The van der Waals surface area contributed by atoms with Crippen molar-refractivity contribution in [3.8, 4) is 0 Å². The summed E-state index contributed by atoms with van der Waals surface area (Å²) in [5, 5.41) is 4.74. The third-order valence-corrected chi connectivity index (χ3v) is 4.47. The van der Waals surface area contributed by atoms with E-state index < -0.39 is 0 Å². The SMILES string of the molecule is CCc1ncc(CN[C@H](C)c2cccc(Br)c2)s1. The summed E-state index contributed by atoms with van der Waals surface area (Å²) in [5.74, 6) is 0. The topological polar surface area (TPSA) is 24.9 Å². The van der Waals surface area contributed by atoms with Crippen LogP contribution in [0.15, 0.2) is 34.9 Å². The molecule has 2 rings (SSSR count). The minimum atomic E-state index is 0.342. The Kier molecular flexibility index (Phi) is 4.92. The Morgan fingerprint density at radius 3 is 2.94 bits per heavy atom. The van der Waals surface area contributed by atoms with Crippen LogP contribution in [0.5, 0.6) is 0 Å². The summed E-state index contributed by atoms with van der Waals surface area (Å²) in [6.07, 6.45) is 3.00. The number of thiazole rings is 1. The fourth-order valence-electron chi connectivity index (χ4n) is 1.74. The van der Waals surface area contributed by atoms with E-state index in [0.717, 1.165) is 17.4 Å². The number of nitrogens with zero attached hydrogens (tertiary/aromatic N) is 1. The van der Waals surface area contributed by atoms with E-state index in [-0.39, 0.29) is 0 Å². The van der Waals surface area contributed by atoms with Gasteiger partial charge >= 0.3 is 0 Å². The second-order valence-electron chi connectivity index (χ2n) is 4.23. The lowest BCUT2D eigenvalue weighted by Gasteiger charge is -2.13. The Labute approximate surface area is 121 Å². The molecule has 2 aromatic rings. The predicted octanol–water partition coefficient (Wildman–Crippen LogP) is 4.32. The van der Waals surface area contributed by atoms with Crippen LogP contribution in [-0.2, 0) is 13.0 Å². The first-order chi connectivity index (χ1) is 8.69. The molecule has 1 aromatic carbocycles. The van der Waals surface area contributed by atoms with E-state index in [4.69, 9.17) is 0 Å². The van der Waals surface area contributed by atoms with Gasteiger partial charge in [-0.25, -0.2) is 4.98 Å². The summed E-state index contributed by atoms with van der Waals surface area (Å²) >= 11 is 5.29. The molecular formula is C14H17BrN2S. The standard InChI is InChI=1S/C14H17BrN2S/c1-3-14-17-9-13(18-14)8-16-10(2)11-5-4-6-12(15)7-11/h4-7,9-10,16H,3,8H2,1-2H3/t10-/m1/s1. The number of hydrogen-bond donors (Lipinski definition) is 1. The van der Waals surface area contributed by atoms with Crippen molar-refractivity contribution >= 4 is 27.3 Å². The first kappa shape index (κ1) is 13.7. The molecule has 1 N–H and O–H groups in total. The van der Waals surface area contributed by atoms with Gasteiger partial charge in [-0.2, -0.15) is 0 Å². The molecule has 18 heavy (non-hydrogen) atoms. The third-order valence-electron chi connectivity index (χ3n) is 2.84. The number of nitrogens with one attached hydrogen (secondary N) is 1. The Balaban J connectivity index is 1.93. The highest BCUT2D eigenvalue weighted by Gasteiger charge is 2.06. The van der Waals surface area contributed by atoms with E-state index in [1.807, 2.05) is 12.3 Å². The van der Waals surface area contributed by atoms with Crippen LogP contribution in [0.4, 0.5) is 0 Å². The number of aromatic nitrogens is 1. The van der Waals surface area contributed by atoms with Crippen molar-refractivity contribution in [1.29, 1.82) is 0 Å². The van der Waals surface area contributed by atoms with Crippen molar-refractivity contribution in [2.75, 3.05) is 0 Å². The summed E-state index contributed by atoms with van der Waals surface area (Å²) in [6.45, 7) is 5.20. The lowest BCUT2D eigenvalue weighted by molar-refractivity contribution is 0.578. The molecule has 0 saturated carbocycles. The maximum absolute atomic E-state index is 4.37. The highest BCUT2D eigenvalue weighted by molar-refractivity contribution is 9.10. The average molecular weight is 325 g/mol. The van der Waals surface area contributed by atoms with E-state index in [2.05, 4.69) is 58.3 Å². The van der Waals surface area contributed by atoms with Gasteiger partial charge in [0.25, 0.3) is 0 Å². The van der Waals surface area contributed by atoms with Crippen LogP contribution in [0.3, 0.4) is 0 Å². The normalized spacial score (nSPS) is 12.6. The molecule has 0 radical (unpaired) electrons. The van der Waals surface area contributed by atoms with Crippen LogP contribution < -0.4 is 5.32 Å². The zero-order chi connectivity index (χ0) is 13.0. The van der Waals surface area contributed by atoms with Gasteiger partial charge in [0.2, 0.25) is 0 Å². The first-order valence-electron chi connectivity index (χ1n) is 6.11. The van der Waals surface area contributed by atoms with E-state index in [9.17, 15) is 0 Å². The second-order valence-corrected chi connectivity index (χ2v) is 6.35. The van der Waals surface area contributed by atoms with Crippen molar-refractivity contribution in [2.45, 2.75) is 32.9 Å². The van der Waals surface area contributed by atoms with Crippen molar-refractivity contribution in [3.63, 3.8) is 0 Å². The molecule has 1 aromatic heterocycles. The summed E-state index contributed by atoms with van der Waals surface area (Å²) in [7, 11) is 0. The molecule has 0 bridgehead atoms. The summed E-state index contributed by atoms with van der Waals surface area (Å²) in [6, 6.07) is 8.76. The number of aryl methyl sites for hydroxylation is 1. The molecule has 0 aliphatic rings. The Morgan fingerprint density at radius 1 is 1.44 bits per heavy atom. The molecule has 0 fully saturated rings. The van der Waals surface area contributed by atoms with Crippen molar-refractivity contribution in [3.05, 3.63) is 50.4 Å². The maximum Gasteiger partial charge on any atom is 0.0925 e. The van der Waals surface area contributed by atoms with Gasteiger partial charge < -0.3 is 5.32 Å². The smallest absolute Gasteiger partial charge is 0.0925 e. The molecule has 0 aliphatic heterocycles. The van der Waals surface area contributed by atoms with E-state index >= 15 is 0 Å². The van der Waals surface area contributed by atoms with Gasteiger partial charge in [0, 0.05) is 28.1 Å². The fourth-order valence-corrected chi connectivity index (χ4v) is 2.97. The minimum absolute atomic E-state index is 0.342. The van der Waals surface area contributed by atoms with Crippen LogP contribution in [0.25, 0.3) is 0 Å². The van der Waals surface area contributed by atoms with E-state index in [1.165, 1.54) is 15.4 Å². The maximum atomic E-state index is 4.37. The molecule has 0 amide bonds. The monoisotopic (exact) mass is 324 g/mol. The molecule has 1 atom stereocenters. The summed E-state index contributed by atoms with van der Waals surface area (Å²) < 4.78 is 1.12. The lowest BCUT2D eigenvalue weighted by Crippen LogP contribution is -2.17. The predicted molar refractivity (Wildman–Crippen MR) is 80.9 cm³/mol. The molecule has 2 nitrogen and oxygen atoms in total. The molecule has 1 heterocycles. The fraction of sp³-hybridized carbons (Fsp3) is 0.357. The summed E-state index contributed by atoms with van der Waals surface area (Å²) in [5.41, 5.74) is 1.30. The highest BCUT2D eigenvalue weighted by Crippen LogP contribution is 2.19. The van der Waals surface area contributed by atoms with Gasteiger partial charge in [-0.1, -0.05) is 35.0 Å². The van der Waals surface area contributed by atoms with Crippen molar-refractivity contribution in [1.82, 2.24) is 10.3 Å². The van der Waals surface area contributed by atoms with E-state index in [1.54, 1.807) is 11.3 Å². The molecule has 0 unspecified atom stereocenters. The van der Waals surface area contributed by atoms with Crippen LogP contribution in [0, 0.1) is 0 Å². The second kappa shape index (κ2) is 6.45. The molecule has 4 heteroatoms. The van der Waals surface area contributed by atoms with Crippen LogP contribution in [0.2, 0.25) is 0 Å². The molecule has 0 saturated heterocycles. The zero-order valence-corrected chi connectivity index (χ0v) is 13.0. The summed E-state index contributed by atoms with van der Waals surface area (Å²) in [4.78, 5) is 5.67. The zero-order valence-electron chi connectivity index (χ0n) is 10.6. The highest BCUT2D eigenvalue weighted by atomic mass is 79.9. The number of hydrogen-bond acceptors (Lipinski definition) is 3. The minimum Gasteiger partial charge on any atom is -0.305 e. The van der Waals surface area contributed by atoms with Gasteiger partial charge in [-0.3, -0.25) is 0 Å². The van der Waals surface area contributed by atoms with Gasteiger partial charge in [-0.15, -0.1) is 11.3 Å².